The van der Waals surface area contributed by atoms with Crippen LogP contribution in [0, 0.1) is 0 Å². The fourth-order valence-electron chi connectivity index (χ4n) is 3.31. The van der Waals surface area contributed by atoms with Crippen molar-refractivity contribution in [2.75, 3.05) is 6.54 Å². The number of rotatable bonds is 4. The van der Waals surface area contributed by atoms with Gasteiger partial charge in [0.15, 0.2) is 0 Å². The van der Waals surface area contributed by atoms with Gasteiger partial charge in [-0.25, -0.2) is 0 Å². The molecule has 2 rings (SSSR count). The van der Waals surface area contributed by atoms with Crippen LogP contribution in [-0.4, -0.2) is 29.4 Å². The number of piperidine rings is 1. The summed E-state index contributed by atoms with van der Waals surface area (Å²) in [5, 5.41) is 0. The molecule has 3 nitrogen and oxygen atoms in total. The summed E-state index contributed by atoms with van der Waals surface area (Å²) in [5.74, 6) is -0.0974. The van der Waals surface area contributed by atoms with E-state index in [0.717, 1.165) is 37.0 Å². The van der Waals surface area contributed by atoms with Crippen molar-refractivity contribution in [2.45, 2.75) is 63.7 Å². The van der Waals surface area contributed by atoms with Gasteiger partial charge in [0, 0.05) is 25.0 Å². The van der Waals surface area contributed by atoms with Crippen molar-refractivity contribution in [3.8, 4) is 0 Å². The van der Waals surface area contributed by atoms with Crippen molar-refractivity contribution < 1.29 is 18.0 Å². The quantitative estimate of drug-likeness (QED) is 0.846. The molecule has 0 bridgehead atoms. The van der Waals surface area contributed by atoms with Crippen molar-refractivity contribution in [1.82, 2.24) is 4.90 Å². The lowest BCUT2D eigenvalue weighted by Gasteiger charge is -2.38. The van der Waals surface area contributed by atoms with E-state index in [9.17, 15) is 18.0 Å². The monoisotopic (exact) mass is 378 g/mol. The number of nitrogens with zero attached hydrogens (tertiary/aromatic N) is 1. The molecule has 2 N–H and O–H groups in total. The number of alkyl halides is 3. The van der Waals surface area contributed by atoms with Crippen LogP contribution in [0.5, 0.6) is 0 Å². The molecule has 0 spiro atoms. The zero-order valence-corrected chi connectivity index (χ0v) is 15.4. The van der Waals surface area contributed by atoms with Gasteiger partial charge in [-0.1, -0.05) is 19.1 Å². The fraction of sp³-hybridized carbons (Fsp3) is 0.611. The van der Waals surface area contributed by atoms with Gasteiger partial charge in [0.25, 0.3) is 0 Å². The number of carbonyl (C=O) groups excluding carboxylic acids is 1. The lowest BCUT2D eigenvalue weighted by atomic mass is 9.93. The van der Waals surface area contributed by atoms with Crippen molar-refractivity contribution in [1.29, 1.82) is 0 Å². The number of nitrogens with two attached hydrogens (primary N) is 1. The molecule has 3 atom stereocenters. The molecule has 7 heteroatoms. The zero-order valence-electron chi connectivity index (χ0n) is 14.6. The van der Waals surface area contributed by atoms with Crippen molar-refractivity contribution in [3.05, 3.63) is 35.4 Å². The van der Waals surface area contributed by atoms with Crippen LogP contribution >= 0.6 is 12.4 Å². The first kappa shape index (κ1) is 21.8. The Hall–Kier alpha value is -1.27. The number of amides is 1. The third-order valence-corrected chi connectivity index (χ3v) is 4.76. The largest absolute Gasteiger partial charge is 0.416 e. The van der Waals surface area contributed by atoms with E-state index in [2.05, 4.69) is 0 Å². The average Bonchev–Trinajstić information content (AvgIpc) is 2.54. The molecule has 1 saturated heterocycles. The first-order chi connectivity index (χ1) is 11.2. The molecule has 1 heterocycles. The maximum atomic E-state index is 12.6. The smallest absolute Gasteiger partial charge is 0.338 e. The summed E-state index contributed by atoms with van der Waals surface area (Å²) in [7, 11) is 0. The summed E-state index contributed by atoms with van der Waals surface area (Å²) in [6.07, 6.45) is -1.09. The SMILES string of the molecule is CC(CC(=O)N1CCCCC1C(C)N)c1ccc(C(F)(F)F)cc1.Cl. The molecule has 1 aliphatic rings. The summed E-state index contributed by atoms with van der Waals surface area (Å²) >= 11 is 0. The number of benzene rings is 1. The van der Waals surface area contributed by atoms with Crippen LogP contribution in [0.1, 0.15) is 56.6 Å². The zero-order chi connectivity index (χ0) is 17.9. The molecule has 0 radical (unpaired) electrons. The van der Waals surface area contributed by atoms with Gasteiger partial charge < -0.3 is 10.6 Å². The molecule has 1 aromatic carbocycles. The van der Waals surface area contributed by atoms with Gasteiger partial charge in [0.2, 0.25) is 5.91 Å². The van der Waals surface area contributed by atoms with Gasteiger partial charge in [-0.3, -0.25) is 4.79 Å². The Balaban J connectivity index is 0.00000312. The molecule has 142 valence electrons. The normalized spacial score (nSPS) is 20.6. The Morgan fingerprint density at radius 1 is 1.24 bits per heavy atom. The number of likely N-dealkylation sites (tertiary alicyclic amines) is 1. The molecule has 1 aliphatic heterocycles. The van der Waals surface area contributed by atoms with E-state index in [4.69, 9.17) is 5.73 Å². The van der Waals surface area contributed by atoms with Crippen molar-refractivity contribution in [2.24, 2.45) is 5.73 Å². The van der Waals surface area contributed by atoms with Crippen LogP contribution in [-0.2, 0) is 11.0 Å². The molecule has 0 aromatic heterocycles. The highest BCUT2D eigenvalue weighted by Crippen LogP contribution is 2.31. The molecule has 3 unspecified atom stereocenters. The van der Waals surface area contributed by atoms with Gasteiger partial charge in [0.1, 0.15) is 0 Å². The maximum Gasteiger partial charge on any atom is 0.416 e. The summed E-state index contributed by atoms with van der Waals surface area (Å²) in [6.45, 7) is 4.49. The lowest BCUT2D eigenvalue weighted by molar-refractivity contribution is -0.138. The minimum Gasteiger partial charge on any atom is -0.338 e. The Morgan fingerprint density at radius 2 is 1.84 bits per heavy atom. The van der Waals surface area contributed by atoms with Crippen molar-refractivity contribution >= 4 is 18.3 Å². The van der Waals surface area contributed by atoms with Gasteiger partial charge in [-0.05, 0) is 49.8 Å². The molecule has 0 saturated carbocycles. The Morgan fingerprint density at radius 3 is 2.36 bits per heavy atom. The summed E-state index contributed by atoms with van der Waals surface area (Å²) in [4.78, 5) is 14.5. The van der Waals surface area contributed by atoms with Gasteiger partial charge in [-0.15, -0.1) is 12.4 Å². The standard InChI is InChI=1S/C18H25F3N2O.ClH/c1-12(14-6-8-15(9-7-14)18(19,20)21)11-17(24)23-10-4-3-5-16(23)13(2)22;/h6-9,12-13,16H,3-5,10-11,22H2,1-2H3;1H. The van der Waals surface area contributed by atoms with Crippen LogP contribution in [0.4, 0.5) is 13.2 Å². The minimum absolute atomic E-state index is 0. The highest BCUT2D eigenvalue weighted by molar-refractivity contribution is 5.85. The van der Waals surface area contributed by atoms with Crippen LogP contribution in [0.3, 0.4) is 0 Å². The third-order valence-electron chi connectivity index (χ3n) is 4.76. The van der Waals surface area contributed by atoms with E-state index in [-0.39, 0.29) is 42.7 Å². The first-order valence-corrected chi connectivity index (χ1v) is 8.42. The van der Waals surface area contributed by atoms with Gasteiger partial charge in [0.05, 0.1) is 5.56 Å². The molecule has 1 amide bonds. The molecule has 1 fully saturated rings. The first-order valence-electron chi connectivity index (χ1n) is 8.42. The summed E-state index contributed by atoms with van der Waals surface area (Å²) in [5.41, 5.74) is 6.07. The lowest BCUT2D eigenvalue weighted by Crippen LogP contribution is -2.51. The maximum absolute atomic E-state index is 12.6. The second-order valence-corrected chi connectivity index (χ2v) is 6.73. The number of hydrogen-bond acceptors (Lipinski definition) is 2. The molecule has 1 aromatic rings. The average molecular weight is 379 g/mol. The molecule has 0 aliphatic carbocycles. The fourth-order valence-corrected chi connectivity index (χ4v) is 3.31. The highest BCUT2D eigenvalue weighted by Gasteiger charge is 2.31. The number of carbonyl (C=O) groups is 1. The predicted molar refractivity (Wildman–Crippen MR) is 94.7 cm³/mol. The van der Waals surface area contributed by atoms with E-state index in [0.29, 0.717) is 6.54 Å². The number of halogens is 4. The number of hydrogen-bond donors (Lipinski definition) is 1. The van der Waals surface area contributed by atoms with E-state index >= 15 is 0 Å². The third kappa shape index (κ3) is 5.61. The Bertz CT molecular complexity index is 560. The summed E-state index contributed by atoms with van der Waals surface area (Å²) in [6, 6.07) is 5.05. The topological polar surface area (TPSA) is 46.3 Å². The Labute approximate surface area is 153 Å². The van der Waals surface area contributed by atoms with E-state index in [1.807, 2.05) is 18.7 Å². The molecular formula is C18H26ClF3N2O. The van der Waals surface area contributed by atoms with Crippen LogP contribution in [0.25, 0.3) is 0 Å². The highest BCUT2D eigenvalue weighted by atomic mass is 35.5. The Kier molecular flexibility index (Phi) is 7.75. The van der Waals surface area contributed by atoms with E-state index in [1.54, 1.807) is 0 Å². The minimum atomic E-state index is -4.34. The second-order valence-electron chi connectivity index (χ2n) is 6.73. The second kappa shape index (κ2) is 8.90. The van der Waals surface area contributed by atoms with E-state index < -0.39 is 11.7 Å². The van der Waals surface area contributed by atoms with Crippen LogP contribution < -0.4 is 5.73 Å². The van der Waals surface area contributed by atoms with Gasteiger partial charge >= 0.3 is 6.18 Å². The van der Waals surface area contributed by atoms with E-state index in [1.165, 1.54) is 12.1 Å². The molecule has 25 heavy (non-hydrogen) atoms. The summed E-state index contributed by atoms with van der Waals surface area (Å²) < 4.78 is 37.9. The molecular weight excluding hydrogens is 353 g/mol. The van der Waals surface area contributed by atoms with Crippen LogP contribution in [0.2, 0.25) is 0 Å². The van der Waals surface area contributed by atoms with Gasteiger partial charge in [-0.2, -0.15) is 13.2 Å². The predicted octanol–water partition coefficient (Wildman–Crippen LogP) is 4.35. The van der Waals surface area contributed by atoms with Crippen LogP contribution in [0.15, 0.2) is 24.3 Å². The van der Waals surface area contributed by atoms with Crippen molar-refractivity contribution in [3.63, 3.8) is 0 Å².